The second-order valence-corrected chi connectivity index (χ2v) is 7.46. The quantitative estimate of drug-likeness (QED) is 0.393. The van der Waals surface area contributed by atoms with Crippen molar-refractivity contribution >= 4 is 11.8 Å². The van der Waals surface area contributed by atoms with Gasteiger partial charge in [-0.25, -0.2) is 0 Å². The normalized spacial score (nSPS) is 26.2. The van der Waals surface area contributed by atoms with Gasteiger partial charge in [-0.05, 0) is 19.8 Å². The largest absolute Gasteiger partial charge is 0.453 e. The predicted octanol–water partition coefficient (Wildman–Crippen LogP) is 2.64. The van der Waals surface area contributed by atoms with Crippen LogP contribution < -0.4 is 0 Å². The molecule has 0 heterocycles. The first-order valence-corrected chi connectivity index (χ1v) is 9.39. The van der Waals surface area contributed by atoms with Gasteiger partial charge in [0.15, 0.2) is 6.61 Å². The summed E-state index contributed by atoms with van der Waals surface area (Å²) in [7, 11) is 0. The van der Waals surface area contributed by atoms with Crippen LogP contribution in [0.1, 0.15) is 59.8 Å². The number of hydrogen-bond acceptors (Lipinski definition) is 5. The van der Waals surface area contributed by atoms with E-state index < -0.39 is 17.7 Å². The first-order valence-electron chi connectivity index (χ1n) is 9.39. The van der Waals surface area contributed by atoms with Crippen LogP contribution in [0.25, 0.3) is 0 Å². The SMILES string of the molecule is CCCCC(C)(O)C/C=C/C1C(O)CC(=O)C1C(C)C#CCOC(C)=O. The van der Waals surface area contributed by atoms with Crippen LogP contribution in [-0.4, -0.2) is 40.3 Å². The highest BCUT2D eigenvalue weighted by atomic mass is 16.5. The number of carbonyl (C=O) groups excluding carboxylic acids is 2. The maximum atomic E-state index is 12.3. The van der Waals surface area contributed by atoms with Crippen molar-refractivity contribution in [3.05, 3.63) is 12.2 Å². The molecule has 0 aromatic carbocycles. The van der Waals surface area contributed by atoms with Crippen molar-refractivity contribution < 1.29 is 24.5 Å². The molecule has 5 heteroatoms. The molecule has 5 atom stereocenters. The summed E-state index contributed by atoms with van der Waals surface area (Å²) < 4.78 is 4.78. The molecule has 5 unspecified atom stereocenters. The van der Waals surface area contributed by atoms with E-state index >= 15 is 0 Å². The van der Waals surface area contributed by atoms with Gasteiger partial charge in [0, 0.05) is 31.1 Å². The van der Waals surface area contributed by atoms with Crippen LogP contribution in [0.3, 0.4) is 0 Å². The second kappa shape index (κ2) is 10.5. The second-order valence-electron chi connectivity index (χ2n) is 7.46. The van der Waals surface area contributed by atoms with Crippen molar-refractivity contribution in [2.45, 2.75) is 71.5 Å². The number of rotatable bonds is 8. The monoisotopic (exact) mass is 364 g/mol. The van der Waals surface area contributed by atoms with Gasteiger partial charge in [0.2, 0.25) is 0 Å². The summed E-state index contributed by atoms with van der Waals surface area (Å²) in [6, 6.07) is 0. The molecule has 26 heavy (non-hydrogen) atoms. The zero-order valence-electron chi connectivity index (χ0n) is 16.3. The van der Waals surface area contributed by atoms with E-state index in [1.807, 2.05) is 26.0 Å². The molecule has 1 rings (SSSR count). The number of aliphatic hydroxyl groups excluding tert-OH is 1. The Kier molecular flexibility index (Phi) is 9.04. The number of carbonyl (C=O) groups is 2. The topological polar surface area (TPSA) is 83.8 Å². The van der Waals surface area contributed by atoms with Gasteiger partial charge in [-0.3, -0.25) is 9.59 Å². The average molecular weight is 364 g/mol. The minimum absolute atomic E-state index is 0.000760. The molecular formula is C21H32O5. The zero-order chi connectivity index (χ0) is 19.7. The third-order valence-electron chi connectivity index (χ3n) is 4.84. The molecule has 1 aliphatic rings. The lowest BCUT2D eigenvalue weighted by Gasteiger charge is -2.23. The van der Waals surface area contributed by atoms with Gasteiger partial charge in [0.25, 0.3) is 0 Å². The zero-order valence-corrected chi connectivity index (χ0v) is 16.3. The van der Waals surface area contributed by atoms with Crippen LogP contribution in [0, 0.1) is 29.6 Å². The number of Topliss-reactive ketones (excluding diaryl/α,β-unsaturated/α-hetero) is 1. The number of ketones is 1. The summed E-state index contributed by atoms with van der Waals surface area (Å²) >= 11 is 0. The van der Waals surface area contributed by atoms with Crippen molar-refractivity contribution in [2.75, 3.05) is 6.61 Å². The molecule has 0 aliphatic heterocycles. The Morgan fingerprint density at radius 3 is 2.81 bits per heavy atom. The molecule has 5 nitrogen and oxygen atoms in total. The van der Waals surface area contributed by atoms with E-state index in [-0.39, 0.29) is 36.6 Å². The molecule has 1 fully saturated rings. The van der Waals surface area contributed by atoms with E-state index in [2.05, 4.69) is 18.8 Å². The Balaban J connectivity index is 2.73. The van der Waals surface area contributed by atoms with E-state index in [1.165, 1.54) is 6.92 Å². The summed E-state index contributed by atoms with van der Waals surface area (Å²) in [6.45, 7) is 7.06. The van der Waals surface area contributed by atoms with Crippen molar-refractivity contribution in [3.63, 3.8) is 0 Å². The number of ether oxygens (including phenoxy) is 1. The van der Waals surface area contributed by atoms with Crippen LogP contribution in [0.2, 0.25) is 0 Å². The van der Waals surface area contributed by atoms with Gasteiger partial charge < -0.3 is 14.9 Å². The van der Waals surface area contributed by atoms with Crippen LogP contribution in [-0.2, 0) is 14.3 Å². The van der Waals surface area contributed by atoms with E-state index in [0.717, 1.165) is 19.3 Å². The van der Waals surface area contributed by atoms with Gasteiger partial charge in [0.1, 0.15) is 5.78 Å². The van der Waals surface area contributed by atoms with Crippen LogP contribution in [0.15, 0.2) is 12.2 Å². The van der Waals surface area contributed by atoms with E-state index in [4.69, 9.17) is 4.74 Å². The molecule has 0 bridgehead atoms. The summed E-state index contributed by atoms with van der Waals surface area (Å²) in [4.78, 5) is 23.0. The van der Waals surface area contributed by atoms with Crippen LogP contribution in [0.4, 0.5) is 0 Å². The molecule has 2 N–H and O–H groups in total. The smallest absolute Gasteiger partial charge is 0.303 e. The Labute approximate surface area is 156 Å². The number of aliphatic hydroxyl groups is 2. The van der Waals surface area contributed by atoms with Gasteiger partial charge in [-0.2, -0.15) is 0 Å². The highest BCUT2D eigenvalue weighted by molar-refractivity contribution is 5.85. The molecular weight excluding hydrogens is 332 g/mol. The Morgan fingerprint density at radius 2 is 2.19 bits per heavy atom. The first-order chi connectivity index (χ1) is 12.2. The summed E-state index contributed by atoms with van der Waals surface area (Å²) in [5.41, 5.74) is -0.773. The minimum Gasteiger partial charge on any atom is -0.453 e. The van der Waals surface area contributed by atoms with E-state index in [0.29, 0.717) is 6.42 Å². The molecule has 0 saturated heterocycles. The predicted molar refractivity (Wildman–Crippen MR) is 100 cm³/mol. The number of esters is 1. The molecule has 0 spiro atoms. The molecule has 146 valence electrons. The fourth-order valence-electron chi connectivity index (χ4n) is 3.36. The van der Waals surface area contributed by atoms with E-state index in [1.54, 1.807) is 0 Å². The lowest BCUT2D eigenvalue weighted by molar-refractivity contribution is -0.139. The maximum absolute atomic E-state index is 12.3. The number of unbranched alkanes of at least 4 members (excludes halogenated alkanes) is 1. The van der Waals surface area contributed by atoms with Crippen molar-refractivity contribution in [1.29, 1.82) is 0 Å². The van der Waals surface area contributed by atoms with Gasteiger partial charge in [-0.15, -0.1) is 0 Å². The lowest BCUT2D eigenvalue weighted by Crippen LogP contribution is -2.25. The fourth-order valence-corrected chi connectivity index (χ4v) is 3.36. The lowest BCUT2D eigenvalue weighted by atomic mass is 9.83. The van der Waals surface area contributed by atoms with Crippen LogP contribution in [0.5, 0.6) is 0 Å². The van der Waals surface area contributed by atoms with Gasteiger partial charge >= 0.3 is 5.97 Å². The maximum Gasteiger partial charge on any atom is 0.303 e. The highest BCUT2D eigenvalue weighted by Gasteiger charge is 2.42. The van der Waals surface area contributed by atoms with Crippen molar-refractivity contribution in [3.8, 4) is 11.8 Å². The fraction of sp³-hybridized carbons (Fsp3) is 0.714. The third-order valence-corrected chi connectivity index (χ3v) is 4.84. The average Bonchev–Trinajstić information content (AvgIpc) is 2.83. The van der Waals surface area contributed by atoms with Gasteiger partial charge in [-0.1, -0.05) is 50.7 Å². The summed E-state index contributed by atoms with van der Waals surface area (Å²) in [5, 5.41) is 20.6. The minimum atomic E-state index is -0.773. The van der Waals surface area contributed by atoms with Crippen molar-refractivity contribution in [1.82, 2.24) is 0 Å². The summed E-state index contributed by atoms with van der Waals surface area (Å²) in [6.07, 6.45) is 6.33. The number of hydrogen-bond donors (Lipinski definition) is 2. The van der Waals surface area contributed by atoms with Crippen molar-refractivity contribution in [2.24, 2.45) is 17.8 Å². The summed E-state index contributed by atoms with van der Waals surface area (Å²) in [5.74, 6) is 4.39. The molecule has 0 aromatic heterocycles. The molecule has 1 aliphatic carbocycles. The molecule has 0 radical (unpaired) electrons. The van der Waals surface area contributed by atoms with E-state index in [9.17, 15) is 19.8 Å². The molecule has 1 saturated carbocycles. The Bertz CT molecular complexity index is 567. The Morgan fingerprint density at radius 1 is 1.50 bits per heavy atom. The standard InChI is InChI=1S/C21H32O5/c1-5-6-11-21(4,25)12-7-10-17-18(23)14-19(24)20(17)15(2)9-8-13-26-16(3)22/h7,10,15,17-18,20,23,25H,5-6,11-14H2,1-4H3/b10-7+. The Hall–Kier alpha value is -1.64. The third kappa shape index (κ3) is 7.31. The van der Waals surface area contributed by atoms with Gasteiger partial charge in [0.05, 0.1) is 11.7 Å². The molecule has 0 aromatic rings. The highest BCUT2D eigenvalue weighted by Crippen LogP contribution is 2.36. The van der Waals surface area contributed by atoms with Crippen LogP contribution >= 0.6 is 0 Å². The first kappa shape index (κ1) is 22.4. The molecule has 0 amide bonds.